The fourth-order valence-corrected chi connectivity index (χ4v) is 1.35. The molecule has 0 spiro atoms. The molecule has 0 aromatic heterocycles. The zero-order valence-corrected chi connectivity index (χ0v) is 7.78. The van der Waals surface area contributed by atoms with E-state index in [9.17, 15) is 4.79 Å². The molecule has 1 radical (unpaired) electrons. The van der Waals surface area contributed by atoms with Gasteiger partial charge in [-0.3, -0.25) is 0 Å². The molecule has 0 amide bonds. The first-order valence-electron chi connectivity index (χ1n) is 4.30. The van der Waals surface area contributed by atoms with Gasteiger partial charge in [-0.05, 0) is 16.8 Å². The molecule has 69 valence electrons. The Labute approximate surface area is 82.1 Å². The van der Waals surface area contributed by atoms with Crippen LogP contribution in [0, 0.1) is 6.07 Å². The Kier molecular flexibility index (Phi) is 2.19. The van der Waals surface area contributed by atoms with Crippen LogP contribution in [0.25, 0.3) is 10.8 Å². The topological polar surface area (TPSA) is 26.3 Å². The van der Waals surface area contributed by atoms with Crippen molar-refractivity contribution in [2.75, 3.05) is 7.11 Å². The summed E-state index contributed by atoms with van der Waals surface area (Å²) in [5.41, 5.74) is 0.464. The van der Waals surface area contributed by atoms with Crippen LogP contribution in [-0.4, -0.2) is 13.1 Å². The molecule has 2 rings (SSSR count). The van der Waals surface area contributed by atoms with Crippen LogP contribution < -0.4 is 0 Å². The maximum Gasteiger partial charge on any atom is 0.338 e. The van der Waals surface area contributed by atoms with E-state index in [4.69, 9.17) is 0 Å². The lowest BCUT2D eigenvalue weighted by molar-refractivity contribution is 0.0600. The second-order valence-electron chi connectivity index (χ2n) is 2.95. The average Bonchev–Trinajstić information content (AvgIpc) is 2.27. The smallest absolute Gasteiger partial charge is 0.338 e. The second kappa shape index (κ2) is 3.50. The molecule has 0 aliphatic rings. The van der Waals surface area contributed by atoms with E-state index in [-0.39, 0.29) is 5.97 Å². The molecule has 2 nitrogen and oxygen atoms in total. The first-order chi connectivity index (χ1) is 6.81. The molecule has 0 atom stereocenters. The van der Waals surface area contributed by atoms with Crippen LogP contribution in [0.1, 0.15) is 10.4 Å². The van der Waals surface area contributed by atoms with E-state index in [1.807, 2.05) is 30.3 Å². The molecule has 0 aliphatic carbocycles. The minimum absolute atomic E-state index is 0.351. The third kappa shape index (κ3) is 1.46. The normalized spacial score (nSPS) is 10.1. The van der Waals surface area contributed by atoms with Crippen molar-refractivity contribution in [3.63, 3.8) is 0 Å². The fourth-order valence-electron chi connectivity index (χ4n) is 1.35. The standard InChI is InChI=1S/C12H9O2/c1-14-12(13)11-7-6-9-4-2-3-5-10(9)8-11/h2-7H,1H3. The fraction of sp³-hybridized carbons (Fsp3) is 0.0833. The van der Waals surface area contributed by atoms with Crippen molar-refractivity contribution in [2.24, 2.45) is 0 Å². The lowest BCUT2D eigenvalue weighted by Crippen LogP contribution is -2.00. The monoisotopic (exact) mass is 185 g/mol. The highest BCUT2D eigenvalue weighted by molar-refractivity contribution is 5.94. The molecular weight excluding hydrogens is 176 g/mol. The summed E-state index contributed by atoms with van der Waals surface area (Å²) in [6, 6.07) is 14.4. The number of hydrogen-bond donors (Lipinski definition) is 0. The zero-order chi connectivity index (χ0) is 9.97. The van der Waals surface area contributed by atoms with Gasteiger partial charge in [0.2, 0.25) is 0 Å². The molecule has 0 bridgehead atoms. The van der Waals surface area contributed by atoms with Crippen LogP contribution in [-0.2, 0) is 4.74 Å². The quantitative estimate of drug-likeness (QED) is 0.638. The Morgan fingerprint density at radius 2 is 2.00 bits per heavy atom. The van der Waals surface area contributed by atoms with Crippen LogP contribution in [0.15, 0.2) is 36.4 Å². The highest BCUT2D eigenvalue weighted by Gasteiger charge is 2.05. The van der Waals surface area contributed by atoms with Gasteiger partial charge in [0.05, 0.1) is 12.7 Å². The number of carbonyl (C=O) groups is 1. The van der Waals surface area contributed by atoms with Gasteiger partial charge in [0.15, 0.2) is 0 Å². The van der Waals surface area contributed by atoms with Gasteiger partial charge < -0.3 is 4.74 Å². The molecule has 2 heteroatoms. The van der Waals surface area contributed by atoms with Gasteiger partial charge in [0, 0.05) is 6.07 Å². The SMILES string of the molecule is COC(=O)c1[c]c2ccccc2cc1. The molecule has 0 saturated carbocycles. The Morgan fingerprint density at radius 3 is 2.79 bits per heavy atom. The van der Waals surface area contributed by atoms with Crippen molar-refractivity contribution in [2.45, 2.75) is 0 Å². The summed E-state index contributed by atoms with van der Waals surface area (Å²) in [6.45, 7) is 0. The highest BCUT2D eigenvalue weighted by atomic mass is 16.5. The summed E-state index contributed by atoms with van der Waals surface area (Å²) in [5.74, 6) is -0.351. The van der Waals surface area contributed by atoms with Crippen molar-refractivity contribution in [3.05, 3.63) is 48.0 Å². The summed E-state index contributed by atoms with van der Waals surface area (Å²) < 4.78 is 4.61. The lowest BCUT2D eigenvalue weighted by atomic mass is 10.1. The number of hydrogen-bond acceptors (Lipinski definition) is 2. The van der Waals surface area contributed by atoms with E-state index in [2.05, 4.69) is 10.8 Å². The van der Waals surface area contributed by atoms with Crippen molar-refractivity contribution in [1.82, 2.24) is 0 Å². The van der Waals surface area contributed by atoms with E-state index in [0.29, 0.717) is 5.56 Å². The lowest BCUT2D eigenvalue weighted by Gasteiger charge is -2.00. The average molecular weight is 185 g/mol. The second-order valence-corrected chi connectivity index (χ2v) is 2.95. The first-order valence-corrected chi connectivity index (χ1v) is 4.30. The molecule has 0 heterocycles. The van der Waals surface area contributed by atoms with Gasteiger partial charge in [-0.25, -0.2) is 4.79 Å². The van der Waals surface area contributed by atoms with Gasteiger partial charge in [0.1, 0.15) is 0 Å². The van der Waals surface area contributed by atoms with Gasteiger partial charge in [-0.2, -0.15) is 0 Å². The summed E-state index contributed by atoms with van der Waals surface area (Å²) in [4.78, 5) is 11.2. The Morgan fingerprint density at radius 1 is 1.21 bits per heavy atom. The number of ether oxygens (including phenoxy) is 1. The number of fused-ring (bicyclic) bond motifs is 1. The van der Waals surface area contributed by atoms with Gasteiger partial charge >= 0.3 is 5.97 Å². The summed E-state index contributed by atoms with van der Waals surface area (Å²) in [7, 11) is 1.37. The molecule has 2 aromatic carbocycles. The number of benzene rings is 2. The largest absolute Gasteiger partial charge is 0.465 e. The van der Waals surface area contributed by atoms with Crippen molar-refractivity contribution in [3.8, 4) is 0 Å². The first kappa shape index (κ1) is 8.75. The van der Waals surface area contributed by atoms with Gasteiger partial charge in [-0.15, -0.1) is 0 Å². The third-order valence-electron chi connectivity index (χ3n) is 2.06. The summed E-state index contributed by atoms with van der Waals surface area (Å²) in [5, 5.41) is 2.00. The van der Waals surface area contributed by atoms with Crippen LogP contribution in [0.5, 0.6) is 0 Å². The molecule has 14 heavy (non-hydrogen) atoms. The van der Waals surface area contributed by atoms with E-state index in [1.54, 1.807) is 6.07 Å². The van der Waals surface area contributed by atoms with Crippen molar-refractivity contribution in [1.29, 1.82) is 0 Å². The molecule has 0 unspecified atom stereocenters. The molecule has 0 fully saturated rings. The minimum Gasteiger partial charge on any atom is -0.465 e. The molecule has 0 N–H and O–H groups in total. The van der Waals surface area contributed by atoms with Crippen LogP contribution >= 0.6 is 0 Å². The van der Waals surface area contributed by atoms with Crippen molar-refractivity contribution < 1.29 is 9.53 Å². The third-order valence-corrected chi connectivity index (χ3v) is 2.06. The van der Waals surface area contributed by atoms with E-state index >= 15 is 0 Å². The van der Waals surface area contributed by atoms with Gasteiger partial charge in [-0.1, -0.05) is 30.3 Å². The Balaban J connectivity index is 2.56. The van der Waals surface area contributed by atoms with Crippen molar-refractivity contribution >= 4 is 16.7 Å². The zero-order valence-electron chi connectivity index (χ0n) is 7.78. The van der Waals surface area contributed by atoms with Crippen LogP contribution in [0.4, 0.5) is 0 Å². The molecule has 2 aromatic rings. The minimum atomic E-state index is -0.351. The number of carbonyl (C=O) groups excluding carboxylic acids is 1. The Hall–Kier alpha value is -1.83. The molecule has 0 saturated heterocycles. The maximum absolute atomic E-state index is 11.2. The number of esters is 1. The summed E-state index contributed by atoms with van der Waals surface area (Å²) in [6.07, 6.45) is 0. The summed E-state index contributed by atoms with van der Waals surface area (Å²) >= 11 is 0. The number of methoxy groups -OCH3 is 1. The Bertz CT molecular complexity index is 474. The molecule has 0 aliphatic heterocycles. The maximum atomic E-state index is 11.2. The van der Waals surface area contributed by atoms with E-state index in [0.717, 1.165) is 10.8 Å². The number of rotatable bonds is 1. The van der Waals surface area contributed by atoms with E-state index in [1.165, 1.54) is 7.11 Å². The van der Waals surface area contributed by atoms with Crippen LogP contribution in [0.2, 0.25) is 0 Å². The highest BCUT2D eigenvalue weighted by Crippen LogP contribution is 2.15. The van der Waals surface area contributed by atoms with Gasteiger partial charge in [0.25, 0.3) is 0 Å². The van der Waals surface area contributed by atoms with E-state index < -0.39 is 0 Å². The predicted molar refractivity (Wildman–Crippen MR) is 54.1 cm³/mol. The van der Waals surface area contributed by atoms with Crippen LogP contribution in [0.3, 0.4) is 0 Å². The predicted octanol–water partition coefficient (Wildman–Crippen LogP) is 2.43. The molecular formula is C12H9O2.